The second kappa shape index (κ2) is 8.81. The van der Waals surface area contributed by atoms with E-state index in [2.05, 4.69) is 20.4 Å². The molecule has 0 spiro atoms. The Morgan fingerprint density at radius 2 is 2.03 bits per heavy atom. The Hall–Kier alpha value is -3.09. The number of hydrogen-bond donors (Lipinski definition) is 2. The Labute approximate surface area is 184 Å². The topological polar surface area (TPSA) is 107 Å². The van der Waals surface area contributed by atoms with Crippen LogP contribution in [0, 0.1) is 0 Å². The molecule has 1 fully saturated rings. The lowest BCUT2D eigenvalue weighted by atomic mass is 10.2. The normalized spacial score (nSPS) is 14.9. The number of carbonyl (C=O) groups excluding carboxylic acids is 1. The van der Waals surface area contributed by atoms with Gasteiger partial charge in [0, 0.05) is 31.1 Å². The molecule has 13 heteroatoms. The molecule has 2 N–H and O–H groups in total. The number of amides is 1. The summed E-state index contributed by atoms with van der Waals surface area (Å²) in [6, 6.07) is 2.01. The van der Waals surface area contributed by atoms with Crippen molar-refractivity contribution in [2.24, 2.45) is 0 Å². The van der Waals surface area contributed by atoms with Crippen LogP contribution in [0.15, 0.2) is 21.6 Å². The van der Waals surface area contributed by atoms with Crippen molar-refractivity contribution in [1.82, 2.24) is 20.0 Å². The van der Waals surface area contributed by atoms with Gasteiger partial charge in [-0.1, -0.05) is 6.92 Å². The van der Waals surface area contributed by atoms with E-state index in [1.165, 1.54) is 22.5 Å². The van der Waals surface area contributed by atoms with E-state index in [0.29, 0.717) is 30.4 Å². The fourth-order valence-corrected chi connectivity index (χ4v) is 4.43. The minimum atomic E-state index is -4.52. The standard InChI is InChI=1S/C19H21F3N6O3S/c1-2-12-7-13-15(28-5-3-27(4-6-28)14(29)8-19(20,21)22)24-18(25-17(13)32-12)23-9-11-10-31-26-16(11)30/h7,10H,2-6,8-9H2,1H3,(H,26,30)(H,23,24,25). The number of carbonyl (C=O) groups is 1. The highest BCUT2D eigenvalue weighted by molar-refractivity contribution is 7.18. The summed E-state index contributed by atoms with van der Waals surface area (Å²) in [6.07, 6.45) is -3.83. The predicted molar refractivity (Wildman–Crippen MR) is 113 cm³/mol. The molecule has 172 valence electrons. The van der Waals surface area contributed by atoms with E-state index in [0.717, 1.165) is 21.5 Å². The molecule has 3 aromatic heterocycles. The van der Waals surface area contributed by atoms with Crippen LogP contribution in [0.5, 0.6) is 0 Å². The molecule has 1 aliphatic heterocycles. The van der Waals surface area contributed by atoms with E-state index in [4.69, 9.17) is 4.52 Å². The summed E-state index contributed by atoms with van der Waals surface area (Å²) < 4.78 is 42.4. The van der Waals surface area contributed by atoms with Crippen molar-refractivity contribution in [2.75, 3.05) is 36.4 Å². The highest BCUT2D eigenvalue weighted by atomic mass is 32.1. The maximum atomic E-state index is 12.5. The fourth-order valence-electron chi connectivity index (χ4n) is 3.47. The predicted octanol–water partition coefficient (Wildman–Crippen LogP) is 2.75. The van der Waals surface area contributed by atoms with Crippen molar-refractivity contribution >= 4 is 39.2 Å². The molecule has 3 aromatic rings. The van der Waals surface area contributed by atoms with Crippen LogP contribution < -0.4 is 15.8 Å². The third-order valence-corrected chi connectivity index (χ3v) is 6.31. The number of H-pyrrole nitrogens is 1. The third-order valence-electron chi connectivity index (χ3n) is 5.14. The Balaban J connectivity index is 1.54. The first-order chi connectivity index (χ1) is 15.2. The summed E-state index contributed by atoms with van der Waals surface area (Å²) in [6.45, 7) is 3.27. The number of aromatic amines is 1. The molecule has 4 rings (SSSR count). The lowest BCUT2D eigenvalue weighted by Gasteiger charge is -2.36. The largest absolute Gasteiger partial charge is 0.397 e. The highest BCUT2D eigenvalue weighted by Crippen LogP contribution is 2.33. The second-order valence-electron chi connectivity index (χ2n) is 7.36. The van der Waals surface area contributed by atoms with Gasteiger partial charge in [-0.2, -0.15) is 23.3 Å². The van der Waals surface area contributed by atoms with Gasteiger partial charge in [-0.15, -0.1) is 11.3 Å². The molecular weight excluding hydrogens is 449 g/mol. The number of aromatic nitrogens is 3. The van der Waals surface area contributed by atoms with Gasteiger partial charge in [0.15, 0.2) is 0 Å². The second-order valence-corrected chi connectivity index (χ2v) is 8.48. The fraction of sp³-hybridized carbons (Fsp3) is 0.474. The lowest BCUT2D eigenvalue weighted by molar-refractivity contribution is -0.161. The van der Waals surface area contributed by atoms with Crippen LogP contribution in [0.2, 0.25) is 0 Å². The van der Waals surface area contributed by atoms with Gasteiger partial charge in [0.05, 0.1) is 17.5 Å². The van der Waals surface area contributed by atoms with Gasteiger partial charge in [0.1, 0.15) is 23.3 Å². The summed E-state index contributed by atoms with van der Waals surface area (Å²) in [5, 5.41) is 6.10. The first-order valence-corrected chi connectivity index (χ1v) is 10.8. The van der Waals surface area contributed by atoms with Crippen LogP contribution >= 0.6 is 11.3 Å². The Morgan fingerprint density at radius 1 is 1.28 bits per heavy atom. The van der Waals surface area contributed by atoms with E-state index >= 15 is 0 Å². The van der Waals surface area contributed by atoms with Crippen LogP contribution in [0.25, 0.3) is 10.2 Å². The Bertz CT molecular complexity index is 1160. The number of fused-ring (bicyclic) bond motifs is 1. The van der Waals surface area contributed by atoms with Crippen LogP contribution in [0.3, 0.4) is 0 Å². The minimum absolute atomic E-state index is 0.169. The zero-order chi connectivity index (χ0) is 22.9. The third kappa shape index (κ3) is 4.87. The molecule has 0 saturated carbocycles. The first kappa shape index (κ1) is 22.1. The lowest BCUT2D eigenvalue weighted by Crippen LogP contribution is -2.49. The molecule has 4 heterocycles. The number of nitrogens with zero attached hydrogens (tertiary/aromatic N) is 4. The maximum Gasteiger partial charge on any atom is 0.397 e. The van der Waals surface area contributed by atoms with Crippen LogP contribution in [0.1, 0.15) is 23.8 Å². The number of thiophene rings is 1. The van der Waals surface area contributed by atoms with Gasteiger partial charge in [0.25, 0.3) is 5.56 Å². The number of rotatable bonds is 6. The molecule has 0 unspecified atom stereocenters. The van der Waals surface area contributed by atoms with Crippen molar-refractivity contribution in [3.8, 4) is 0 Å². The van der Waals surface area contributed by atoms with Crippen molar-refractivity contribution in [2.45, 2.75) is 32.5 Å². The van der Waals surface area contributed by atoms with Gasteiger partial charge in [-0.3, -0.25) is 9.59 Å². The SMILES string of the molecule is CCc1cc2c(N3CCN(C(=O)CC(F)(F)F)CC3)nc(NCc3co[nH]c3=O)nc2s1. The summed E-state index contributed by atoms with van der Waals surface area (Å²) >= 11 is 1.53. The van der Waals surface area contributed by atoms with Crippen LogP contribution in [-0.4, -0.2) is 58.3 Å². The number of hydrogen-bond acceptors (Lipinski definition) is 8. The van der Waals surface area contributed by atoms with Crippen molar-refractivity contribution in [3.05, 3.63) is 33.1 Å². The molecule has 9 nitrogen and oxygen atoms in total. The highest BCUT2D eigenvalue weighted by Gasteiger charge is 2.34. The van der Waals surface area contributed by atoms with Crippen molar-refractivity contribution < 1.29 is 22.5 Å². The molecule has 0 aliphatic carbocycles. The summed E-state index contributed by atoms with van der Waals surface area (Å²) in [4.78, 5) is 37.8. The van der Waals surface area contributed by atoms with Gasteiger partial charge in [-0.25, -0.2) is 4.98 Å². The molecule has 1 saturated heterocycles. The van der Waals surface area contributed by atoms with E-state index in [1.54, 1.807) is 0 Å². The average molecular weight is 470 g/mol. The van der Waals surface area contributed by atoms with Crippen LogP contribution in [-0.2, 0) is 17.8 Å². The summed E-state index contributed by atoms with van der Waals surface area (Å²) in [5.41, 5.74) is 0.0512. The van der Waals surface area contributed by atoms with Gasteiger partial charge < -0.3 is 19.6 Å². The Morgan fingerprint density at radius 3 is 2.66 bits per heavy atom. The number of aryl methyl sites for hydroxylation is 1. The smallest absolute Gasteiger partial charge is 0.387 e. The maximum absolute atomic E-state index is 12.5. The number of piperazine rings is 1. The molecule has 0 bridgehead atoms. The van der Waals surface area contributed by atoms with E-state index in [-0.39, 0.29) is 25.2 Å². The molecule has 32 heavy (non-hydrogen) atoms. The van der Waals surface area contributed by atoms with Crippen LogP contribution in [0.4, 0.5) is 24.9 Å². The number of nitrogens with one attached hydrogen (secondary N) is 2. The number of alkyl halides is 3. The molecule has 1 aliphatic rings. The first-order valence-electron chi connectivity index (χ1n) is 10.0. The Kier molecular flexibility index (Phi) is 6.09. The molecule has 1 amide bonds. The number of anilines is 2. The summed E-state index contributed by atoms with van der Waals surface area (Å²) in [5.74, 6) is 0.0622. The summed E-state index contributed by atoms with van der Waals surface area (Å²) in [7, 11) is 0. The number of halogens is 3. The van der Waals surface area contributed by atoms with Gasteiger partial charge >= 0.3 is 6.18 Å². The molecule has 0 atom stereocenters. The molecule has 0 radical (unpaired) electrons. The van der Waals surface area contributed by atoms with Crippen molar-refractivity contribution in [1.29, 1.82) is 0 Å². The average Bonchev–Trinajstić information content (AvgIpc) is 3.36. The van der Waals surface area contributed by atoms with Crippen molar-refractivity contribution in [3.63, 3.8) is 0 Å². The minimum Gasteiger partial charge on any atom is -0.387 e. The van der Waals surface area contributed by atoms with E-state index < -0.39 is 18.5 Å². The van der Waals surface area contributed by atoms with Gasteiger partial charge in [0.2, 0.25) is 11.9 Å². The van der Waals surface area contributed by atoms with Gasteiger partial charge in [-0.05, 0) is 12.5 Å². The molecular formula is C19H21F3N6O3S. The molecule has 0 aromatic carbocycles. The monoisotopic (exact) mass is 470 g/mol. The van der Waals surface area contributed by atoms with E-state index in [9.17, 15) is 22.8 Å². The zero-order valence-electron chi connectivity index (χ0n) is 17.2. The van der Waals surface area contributed by atoms with E-state index in [1.807, 2.05) is 17.9 Å². The quantitative estimate of drug-likeness (QED) is 0.570. The zero-order valence-corrected chi connectivity index (χ0v) is 18.0.